The van der Waals surface area contributed by atoms with Gasteiger partial charge in [0.25, 0.3) is 5.22 Å². The molecule has 2 aromatic carbocycles. The Bertz CT molecular complexity index is 952. The number of benzene rings is 2. The highest BCUT2D eigenvalue weighted by Gasteiger charge is 2.17. The highest BCUT2D eigenvalue weighted by Crippen LogP contribution is 2.25. The lowest BCUT2D eigenvalue weighted by Crippen LogP contribution is -2.33. The summed E-state index contributed by atoms with van der Waals surface area (Å²) in [5, 5.41) is 17.2. The van der Waals surface area contributed by atoms with E-state index < -0.39 is 0 Å². The molecule has 0 fully saturated rings. The number of anilines is 1. The van der Waals surface area contributed by atoms with Crippen LogP contribution < -0.4 is 9.64 Å². The summed E-state index contributed by atoms with van der Waals surface area (Å²) in [5.74, 6) is 1.12. The molecule has 7 nitrogen and oxygen atoms in total. The van der Waals surface area contributed by atoms with Gasteiger partial charge in [-0.25, -0.2) is 0 Å². The van der Waals surface area contributed by atoms with E-state index in [1.165, 1.54) is 11.8 Å². The molecule has 0 aliphatic heterocycles. The van der Waals surface area contributed by atoms with Gasteiger partial charge in [-0.05, 0) is 36.4 Å². The fraction of sp³-hybridized carbons (Fsp3) is 0.200. The third kappa shape index (κ3) is 4.90. The van der Waals surface area contributed by atoms with E-state index in [0.717, 1.165) is 17.0 Å². The highest BCUT2D eigenvalue weighted by molar-refractivity contribution is 7.99. The van der Waals surface area contributed by atoms with Gasteiger partial charge in [-0.2, -0.15) is 5.26 Å². The van der Waals surface area contributed by atoms with Crippen LogP contribution in [0.2, 0.25) is 0 Å². The van der Waals surface area contributed by atoms with Crippen LogP contribution in [-0.4, -0.2) is 35.5 Å². The van der Waals surface area contributed by atoms with Gasteiger partial charge in [-0.1, -0.05) is 30.0 Å². The standard InChI is InChI=1S/C20H18N4O3S/c1-26-17-10-8-15(9-11-17)19-22-23-20(27-19)28-14-18(25)24(13-5-12-21)16-6-3-2-4-7-16/h2-4,6-11H,5,13-14H2,1H3. The summed E-state index contributed by atoms with van der Waals surface area (Å²) in [4.78, 5) is 14.3. The average Bonchev–Trinajstić information content (AvgIpc) is 3.22. The summed E-state index contributed by atoms with van der Waals surface area (Å²) in [6, 6.07) is 18.6. The maximum absolute atomic E-state index is 12.7. The van der Waals surface area contributed by atoms with Crippen LogP contribution in [0, 0.1) is 11.3 Å². The van der Waals surface area contributed by atoms with Crippen molar-refractivity contribution in [3.63, 3.8) is 0 Å². The topological polar surface area (TPSA) is 92.3 Å². The number of hydrogen-bond acceptors (Lipinski definition) is 7. The number of aromatic nitrogens is 2. The van der Waals surface area contributed by atoms with E-state index >= 15 is 0 Å². The van der Waals surface area contributed by atoms with Crippen LogP contribution in [0.25, 0.3) is 11.5 Å². The van der Waals surface area contributed by atoms with Gasteiger partial charge in [-0.15, -0.1) is 10.2 Å². The van der Waals surface area contributed by atoms with Crippen molar-refractivity contribution in [1.82, 2.24) is 10.2 Å². The fourth-order valence-corrected chi connectivity index (χ4v) is 3.13. The lowest BCUT2D eigenvalue weighted by atomic mass is 10.2. The molecule has 1 aromatic heterocycles. The molecular formula is C20H18N4O3S. The summed E-state index contributed by atoms with van der Waals surface area (Å²) >= 11 is 1.17. The molecule has 0 aliphatic carbocycles. The number of hydrogen-bond donors (Lipinski definition) is 0. The number of amides is 1. The second-order valence-electron chi connectivity index (χ2n) is 5.68. The Labute approximate surface area is 166 Å². The van der Waals surface area contributed by atoms with Gasteiger partial charge in [0.15, 0.2) is 0 Å². The second kappa shape index (κ2) is 9.58. The molecule has 3 rings (SSSR count). The molecule has 0 saturated carbocycles. The summed E-state index contributed by atoms with van der Waals surface area (Å²) < 4.78 is 10.8. The molecule has 1 amide bonds. The molecule has 0 unspecified atom stereocenters. The number of carbonyl (C=O) groups excluding carboxylic acids is 1. The summed E-state index contributed by atoms with van der Waals surface area (Å²) in [7, 11) is 1.60. The Hall–Kier alpha value is -3.31. The first-order valence-corrected chi connectivity index (χ1v) is 9.53. The molecule has 1 heterocycles. The third-order valence-corrected chi connectivity index (χ3v) is 4.68. The van der Waals surface area contributed by atoms with Crippen molar-refractivity contribution in [2.24, 2.45) is 0 Å². The molecule has 3 aromatic rings. The number of thioether (sulfide) groups is 1. The molecule has 8 heteroatoms. The molecule has 0 N–H and O–H groups in total. The zero-order valence-corrected chi connectivity index (χ0v) is 16.1. The van der Waals surface area contributed by atoms with Crippen LogP contribution in [-0.2, 0) is 4.79 Å². The van der Waals surface area contributed by atoms with Gasteiger partial charge in [0.05, 0.1) is 25.4 Å². The Morgan fingerprint density at radius 1 is 1.18 bits per heavy atom. The van der Waals surface area contributed by atoms with Gasteiger partial charge in [-0.3, -0.25) is 4.79 Å². The Morgan fingerprint density at radius 2 is 1.93 bits per heavy atom. The van der Waals surface area contributed by atoms with Gasteiger partial charge < -0.3 is 14.1 Å². The highest BCUT2D eigenvalue weighted by atomic mass is 32.2. The fourth-order valence-electron chi connectivity index (χ4n) is 2.49. The predicted molar refractivity (Wildman–Crippen MR) is 106 cm³/mol. The second-order valence-corrected chi connectivity index (χ2v) is 6.61. The van der Waals surface area contributed by atoms with E-state index in [4.69, 9.17) is 14.4 Å². The van der Waals surface area contributed by atoms with Gasteiger partial charge in [0.1, 0.15) is 5.75 Å². The Morgan fingerprint density at radius 3 is 2.61 bits per heavy atom. The first-order chi connectivity index (χ1) is 13.7. The SMILES string of the molecule is COc1ccc(-c2nnc(SCC(=O)N(CCC#N)c3ccccc3)o2)cc1. The minimum absolute atomic E-state index is 0.129. The van der Waals surface area contributed by atoms with Crippen LogP contribution in [0.3, 0.4) is 0 Å². The molecular weight excluding hydrogens is 376 g/mol. The largest absolute Gasteiger partial charge is 0.497 e. The minimum Gasteiger partial charge on any atom is -0.497 e. The summed E-state index contributed by atoms with van der Waals surface area (Å²) in [5.41, 5.74) is 1.53. The molecule has 0 radical (unpaired) electrons. The lowest BCUT2D eigenvalue weighted by molar-refractivity contribution is -0.116. The molecule has 28 heavy (non-hydrogen) atoms. The molecule has 0 saturated heterocycles. The van der Waals surface area contributed by atoms with Crippen LogP contribution in [0.5, 0.6) is 5.75 Å². The number of rotatable bonds is 8. The summed E-state index contributed by atoms with van der Waals surface area (Å²) in [6.45, 7) is 0.334. The number of nitrogens with zero attached hydrogens (tertiary/aromatic N) is 4. The maximum Gasteiger partial charge on any atom is 0.277 e. The molecule has 0 bridgehead atoms. The average molecular weight is 394 g/mol. The van der Waals surface area contributed by atoms with Gasteiger partial charge in [0, 0.05) is 17.8 Å². The zero-order chi connectivity index (χ0) is 19.8. The first-order valence-electron chi connectivity index (χ1n) is 8.54. The van der Waals surface area contributed by atoms with Crippen LogP contribution >= 0.6 is 11.8 Å². The number of nitriles is 1. The van der Waals surface area contributed by atoms with E-state index in [2.05, 4.69) is 16.3 Å². The summed E-state index contributed by atoms with van der Waals surface area (Å²) in [6.07, 6.45) is 0.257. The van der Waals surface area contributed by atoms with Gasteiger partial charge in [0.2, 0.25) is 11.8 Å². The van der Waals surface area contributed by atoms with Crippen LogP contribution in [0.4, 0.5) is 5.69 Å². The first kappa shape index (κ1) is 19.5. The van der Waals surface area contributed by atoms with E-state index in [1.807, 2.05) is 54.6 Å². The van der Waals surface area contributed by atoms with Crippen molar-refractivity contribution in [2.45, 2.75) is 11.6 Å². The Balaban J connectivity index is 1.64. The number of methoxy groups -OCH3 is 1. The molecule has 0 atom stereocenters. The molecule has 0 aliphatic rings. The zero-order valence-electron chi connectivity index (χ0n) is 15.2. The minimum atomic E-state index is -0.129. The van der Waals surface area contributed by atoms with Crippen molar-refractivity contribution >= 4 is 23.4 Å². The number of para-hydroxylation sites is 1. The third-order valence-electron chi connectivity index (χ3n) is 3.88. The molecule has 142 valence electrons. The monoisotopic (exact) mass is 394 g/mol. The molecule has 0 spiro atoms. The van der Waals surface area contributed by atoms with E-state index in [0.29, 0.717) is 17.7 Å². The Kier molecular flexibility index (Phi) is 6.65. The quantitative estimate of drug-likeness (QED) is 0.537. The van der Waals surface area contributed by atoms with Crippen molar-refractivity contribution in [3.05, 3.63) is 54.6 Å². The lowest BCUT2D eigenvalue weighted by Gasteiger charge is -2.21. The van der Waals surface area contributed by atoms with Crippen LogP contribution in [0.15, 0.2) is 64.2 Å². The number of carbonyl (C=O) groups is 1. The van der Waals surface area contributed by atoms with Crippen molar-refractivity contribution in [1.29, 1.82) is 5.26 Å². The normalized spacial score (nSPS) is 10.3. The van der Waals surface area contributed by atoms with E-state index in [9.17, 15) is 4.79 Å². The van der Waals surface area contributed by atoms with Crippen molar-refractivity contribution < 1.29 is 13.9 Å². The van der Waals surface area contributed by atoms with E-state index in [-0.39, 0.29) is 18.1 Å². The van der Waals surface area contributed by atoms with Gasteiger partial charge >= 0.3 is 0 Å². The maximum atomic E-state index is 12.7. The van der Waals surface area contributed by atoms with Crippen LogP contribution in [0.1, 0.15) is 6.42 Å². The van der Waals surface area contributed by atoms with Crippen molar-refractivity contribution in [3.8, 4) is 23.3 Å². The number of ether oxygens (including phenoxy) is 1. The van der Waals surface area contributed by atoms with Crippen molar-refractivity contribution in [2.75, 3.05) is 24.3 Å². The van der Waals surface area contributed by atoms with E-state index in [1.54, 1.807) is 12.0 Å². The smallest absolute Gasteiger partial charge is 0.277 e. The predicted octanol–water partition coefficient (Wildman–Crippen LogP) is 3.78.